The Bertz CT molecular complexity index is 1260. The van der Waals surface area contributed by atoms with Crippen LogP contribution in [-0.2, 0) is 23.8 Å². The number of allylic oxidation sites excluding steroid dienone is 2. The van der Waals surface area contributed by atoms with Crippen molar-refractivity contribution in [3.05, 3.63) is 47.5 Å². The van der Waals surface area contributed by atoms with Crippen molar-refractivity contribution in [3.8, 4) is 0 Å². The Labute approximate surface area is 237 Å². The molecule has 0 radical (unpaired) electrons. The Kier molecular flexibility index (Phi) is 6.29. The first-order valence-electron chi connectivity index (χ1n) is 14.9. The van der Waals surface area contributed by atoms with E-state index in [1.54, 1.807) is 19.3 Å². The summed E-state index contributed by atoms with van der Waals surface area (Å²) in [6.45, 7) is 14.3. The van der Waals surface area contributed by atoms with Crippen LogP contribution in [0.5, 0.6) is 0 Å². The van der Waals surface area contributed by atoms with E-state index in [0.29, 0.717) is 24.5 Å². The molecule has 11 atom stereocenters. The fraction of sp³-hybridized carbons (Fsp3) is 0.697. The summed E-state index contributed by atoms with van der Waals surface area (Å²) >= 11 is 0. The van der Waals surface area contributed by atoms with Gasteiger partial charge in [-0.3, -0.25) is 4.79 Å². The Hall–Kier alpha value is -2.38. The fourth-order valence-electron chi connectivity index (χ4n) is 10.4. The molecule has 1 saturated heterocycles. The van der Waals surface area contributed by atoms with Gasteiger partial charge < -0.3 is 23.7 Å². The number of hydrogen-bond acceptors (Lipinski definition) is 7. The number of carbonyl (C=O) groups excluding carboxylic acids is 2. The minimum absolute atomic E-state index is 0.0537. The van der Waals surface area contributed by atoms with E-state index in [1.165, 1.54) is 18.1 Å². The van der Waals surface area contributed by atoms with Gasteiger partial charge in [-0.15, -0.1) is 0 Å². The van der Waals surface area contributed by atoms with Crippen LogP contribution in [0.15, 0.2) is 46.3 Å². The second kappa shape index (κ2) is 9.06. The summed E-state index contributed by atoms with van der Waals surface area (Å²) in [5.41, 5.74) is 1.36. The van der Waals surface area contributed by atoms with Crippen LogP contribution in [0, 0.1) is 33.5 Å². The van der Waals surface area contributed by atoms with Crippen molar-refractivity contribution in [3.63, 3.8) is 0 Å². The number of fused-ring (bicyclic) bond motifs is 4. The van der Waals surface area contributed by atoms with Crippen molar-refractivity contribution >= 4 is 11.9 Å². The van der Waals surface area contributed by atoms with Crippen molar-refractivity contribution in [2.75, 3.05) is 6.61 Å². The van der Waals surface area contributed by atoms with Gasteiger partial charge in [0.2, 0.25) is 0 Å². The summed E-state index contributed by atoms with van der Waals surface area (Å²) in [6, 6.07) is 2.07. The number of aliphatic hydroxyl groups is 1. The Balaban J connectivity index is 1.45. The third-order valence-corrected chi connectivity index (χ3v) is 12.3. The lowest BCUT2D eigenvalue weighted by atomic mass is 9.36. The molecule has 7 nitrogen and oxygen atoms in total. The molecule has 6 rings (SSSR count). The Morgan fingerprint density at radius 3 is 2.52 bits per heavy atom. The lowest BCUT2D eigenvalue weighted by Gasteiger charge is -2.69. The zero-order chi connectivity index (χ0) is 28.8. The molecule has 218 valence electrons. The molecule has 4 aliphatic carbocycles. The average Bonchev–Trinajstić information content (AvgIpc) is 3.63. The largest absolute Gasteiger partial charge is 0.472 e. The van der Waals surface area contributed by atoms with E-state index in [9.17, 15) is 14.7 Å². The number of ether oxygens (including phenoxy) is 3. The van der Waals surface area contributed by atoms with Gasteiger partial charge in [-0.1, -0.05) is 45.4 Å². The van der Waals surface area contributed by atoms with Gasteiger partial charge in [0.25, 0.3) is 0 Å². The monoisotopic (exact) mass is 552 g/mol. The number of furan rings is 1. The smallest absolute Gasteiger partial charge is 0.333 e. The maximum atomic E-state index is 13.0. The molecule has 5 aliphatic rings. The second-order valence-corrected chi connectivity index (χ2v) is 14.0. The molecular formula is C33H44O7. The van der Waals surface area contributed by atoms with E-state index in [-0.39, 0.29) is 29.2 Å². The maximum Gasteiger partial charge on any atom is 0.333 e. The van der Waals surface area contributed by atoms with Crippen LogP contribution >= 0.6 is 0 Å². The fourth-order valence-corrected chi connectivity index (χ4v) is 10.4. The summed E-state index contributed by atoms with van der Waals surface area (Å²) in [7, 11) is 0. The molecule has 1 aromatic rings. The van der Waals surface area contributed by atoms with E-state index in [1.807, 2.05) is 13.2 Å². The van der Waals surface area contributed by atoms with Crippen LogP contribution in [0.1, 0.15) is 85.6 Å². The molecule has 0 bridgehead atoms. The van der Waals surface area contributed by atoms with E-state index in [4.69, 9.17) is 18.6 Å². The molecule has 2 unspecified atom stereocenters. The van der Waals surface area contributed by atoms with Gasteiger partial charge in [0.1, 0.15) is 12.2 Å². The minimum atomic E-state index is -0.740. The topological polar surface area (TPSA) is 95.2 Å². The van der Waals surface area contributed by atoms with Crippen molar-refractivity contribution in [2.45, 2.75) is 104 Å². The summed E-state index contributed by atoms with van der Waals surface area (Å²) in [6.07, 6.45) is 8.72. The highest BCUT2D eigenvalue weighted by Crippen LogP contribution is 2.75. The molecule has 1 aliphatic heterocycles. The van der Waals surface area contributed by atoms with Crippen molar-refractivity contribution in [2.24, 2.45) is 33.5 Å². The second-order valence-electron chi connectivity index (χ2n) is 14.0. The lowest BCUT2D eigenvalue weighted by molar-refractivity contribution is -0.262. The third kappa shape index (κ3) is 3.43. The third-order valence-electron chi connectivity index (χ3n) is 12.3. The molecular weight excluding hydrogens is 508 g/mol. The van der Waals surface area contributed by atoms with Gasteiger partial charge in [-0.2, -0.15) is 0 Å². The standard InChI is InChI=1S/C33H44O7/c1-8-18(2)29(36)40-24-15-25(39-19(3)34)33(7)23-11-13-30(4)21(20-12-14-37-16-20)9-10-22(30)32(23,6)28(35)26-27(33)31(24,5)17-38-26/h8,10,12,14,16,21,23-28,35H,9,11,13,15,17H2,1-7H3/b18-8+/t21-,23-,24+,25-,26?,27?,28+,30-,31+,32-,33-/m0/s1. The maximum absolute atomic E-state index is 13.0. The van der Waals surface area contributed by atoms with E-state index < -0.39 is 40.7 Å². The molecule has 0 aromatic carbocycles. The summed E-state index contributed by atoms with van der Waals surface area (Å²) in [5, 5.41) is 12.3. The summed E-state index contributed by atoms with van der Waals surface area (Å²) < 4.78 is 24.3. The molecule has 0 amide bonds. The van der Waals surface area contributed by atoms with Gasteiger partial charge >= 0.3 is 11.9 Å². The van der Waals surface area contributed by atoms with E-state index in [0.717, 1.165) is 19.3 Å². The zero-order valence-corrected chi connectivity index (χ0v) is 24.9. The quantitative estimate of drug-likeness (QED) is 0.289. The van der Waals surface area contributed by atoms with Gasteiger partial charge in [-0.25, -0.2) is 4.79 Å². The number of hydrogen-bond donors (Lipinski definition) is 1. The van der Waals surface area contributed by atoms with Gasteiger partial charge in [-0.05, 0) is 62.0 Å². The predicted octanol–water partition coefficient (Wildman–Crippen LogP) is 5.73. The molecule has 4 fully saturated rings. The zero-order valence-electron chi connectivity index (χ0n) is 24.9. The Morgan fingerprint density at radius 2 is 1.88 bits per heavy atom. The highest BCUT2D eigenvalue weighted by atomic mass is 16.6. The summed E-state index contributed by atoms with van der Waals surface area (Å²) in [5.74, 6) is -0.503. The average molecular weight is 553 g/mol. The van der Waals surface area contributed by atoms with Crippen LogP contribution < -0.4 is 0 Å². The first-order chi connectivity index (χ1) is 18.8. The van der Waals surface area contributed by atoms with Crippen molar-refractivity contribution in [1.29, 1.82) is 0 Å². The first-order valence-corrected chi connectivity index (χ1v) is 14.9. The molecule has 1 N–H and O–H groups in total. The van der Waals surface area contributed by atoms with E-state index in [2.05, 4.69) is 39.8 Å². The normalized spacial score (nSPS) is 47.5. The number of carbonyl (C=O) groups is 2. The number of esters is 2. The highest BCUT2D eigenvalue weighted by molar-refractivity contribution is 5.87. The van der Waals surface area contributed by atoms with Crippen molar-refractivity contribution < 1.29 is 33.3 Å². The van der Waals surface area contributed by atoms with Gasteiger partial charge in [0.15, 0.2) is 0 Å². The molecule has 40 heavy (non-hydrogen) atoms. The number of aliphatic hydroxyl groups excluding tert-OH is 1. The number of rotatable bonds is 4. The van der Waals surface area contributed by atoms with Crippen LogP contribution in [0.3, 0.4) is 0 Å². The summed E-state index contributed by atoms with van der Waals surface area (Å²) in [4.78, 5) is 25.5. The van der Waals surface area contributed by atoms with Crippen LogP contribution in [0.4, 0.5) is 0 Å². The SMILES string of the molecule is C/C=C(\C)C(=O)O[C@@H]1C[C@H](OC(C)=O)[C@@]2(C)C3C(OC[C@@]31C)[C@@H](O)[C@@]1(C)C3=CC[C@@H](c4ccoc4)[C@]3(C)CC[C@@H]12. The lowest BCUT2D eigenvalue weighted by Crippen LogP contribution is -2.73. The molecule has 0 spiro atoms. The molecule has 3 saturated carbocycles. The molecule has 2 heterocycles. The predicted molar refractivity (Wildman–Crippen MR) is 148 cm³/mol. The Morgan fingerprint density at radius 1 is 1.12 bits per heavy atom. The van der Waals surface area contributed by atoms with Crippen LogP contribution in [0.2, 0.25) is 0 Å². The van der Waals surface area contributed by atoms with Crippen molar-refractivity contribution in [1.82, 2.24) is 0 Å². The molecule has 7 heteroatoms. The van der Waals surface area contributed by atoms with Crippen LogP contribution in [0.25, 0.3) is 0 Å². The molecule has 1 aromatic heterocycles. The van der Waals surface area contributed by atoms with Gasteiger partial charge in [0.05, 0.1) is 31.3 Å². The van der Waals surface area contributed by atoms with E-state index >= 15 is 0 Å². The highest BCUT2D eigenvalue weighted by Gasteiger charge is 2.77. The minimum Gasteiger partial charge on any atom is -0.472 e. The first kappa shape index (κ1) is 27.8. The van der Waals surface area contributed by atoms with Gasteiger partial charge in [0, 0.05) is 41.1 Å². The van der Waals surface area contributed by atoms with Crippen LogP contribution in [-0.4, -0.2) is 48.1 Å².